The van der Waals surface area contributed by atoms with E-state index in [1.807, 2.05) is 95.3 Å². The molecule has 4 aromatic rings. The first-order chi connectivity index (χ1) is 41.5. The number of esters is 6. The summed E-state index contributed by atoms with van der Waals surface area (Å²) >= 11 is 0. The molecule has 472 valence electrons. The zero-order chi connectivity index (χ0) is 63.8. The minimum atomic E-state index is -2.28. The van der Waals surface area contributed by atoms with Crippen LogP contribution in [0, 0.1) is 37.5 Å². The first kappa shape index (κ1) is 65.2. The average Bonchev–Trinajstić information content (AvgIpc) is 0.707. The van der Waals surface area contributed by atoms with Crippen molar-refractivity contribution in [1.29, 1.82) is 0 Å². The van der Waals surface area contributed by atoms with Gasteiger partial charge in [-0.1, -0.05) is 105 Å². The number of carbonyl (C=O) groups excluding carboxylic acids is 7. The normalized spacial score (nSPS) is 27.2. The molecule has 1 saturated heterocycles. The molecule has 0 amide bonds. The van der Waals surface area contributed by atoms with Gasteiger partial charge in [0.2, 0.25) is 6.10 Å². The summed E-state index contributed by atoms with van der Waals surface area (Å²) in [5.74, 6) is -6.21. The van der Waals surface area contributed by atoms with E-state index in [4.69, 9.17) is 42.6 Å². The highest BCUT2D eigenvalue weighted by atomic mass is 16.6. The van der Waals surface area contributed by atoms with Crippen LogP contribution in [0.2, 0.25) is 0 Å². The van der Waals surface area contributed by atoms with Gasteiger partial charge in [-0.15, -0.1) is 0 Å². The molecule has 2 bridgehead atoms. The predicted molar refractivity (Wildman–Crippen MR) is 321 cm³/mol. The fourth-order valence-electron chi connectivity index (χ4n) is 14.1. The minimum Gasteiger partial charge on any atom is -0.487 e. The second-order valence-electron chi connectivity index (χ2n) is 25.9. The number of Topliss-reactive ketones (excluding diaryl/α,β-unsaturated/α-hetero) is 1. The predicted octanol–water partition coefficient (Wildman–Crippen LogP) is 8.53. The third-order valence-electron chi connectivity index (χ3n) is 18.9. The van der Waals surface area contributed by atoms with Crippen molar-refractivity contribution < 1.29 is 81.3 Å². The molecule has 0 radical (unpaired) electrons. The fraction of sp³-hybridized carbons (Fsp3) is 0.522. The van der Waals surface area contributed by atoms with Gasteiger partial charge in [-0.3, -0.25) is 33.7 Å². The summed E-state index contributed by atoms with van der Waals surface area (Å²) in [4.78, 5) is 103. The molecule has 19 nitrogen and oxygen atoms in total. The lowest BCUT2D eigenvalue weighted by molar-refractivity contribution is -0.352. The van der Waals surface area contributed by atoms with Crippen LogP contribution < -0.4 is 14.8 Å². The molecule has 3 aliphatic carbocycles. The number of ether oxygens (including phenoxy) is 9. The minimum absolute atomic E-state index is 0.0721. The van der Waals surface area contributed by atoms with Gasteiger partial charge >= 0.3 is 35.8 Å². The molecule has 0 spiro atoms. The second-order valence-corrected chi connectivity index (χ2v) is 25.9. The van der Waals surface area contributed by atoms with E-state index in [2.05, 4.69) is 5.32 Å². The Morgan fingerprint density at radius 2 is 1.39 bits per heavy atom. The van der Waals surface area contributed by atoms with Gasteiger partial charge in [0.05, 0.1) is 50.2 Å². The lowest BCUT2D eigenvalue weighted by Crippen LogP contribution is -2.82. The van der Waals surface area contributed by atoms with Crippen LogP contribution in [0.5, 0.6) is 11.5 Å². The van der Waals surface area contributed by atoms with Crippen molar-refractivity contribution in [2.75, 3.05) is 27.2 Å². The highest BCUT2D eigenvalue weighted by Gasteiger charge is 2.78. The van der Waals surface area contributed by atoms with E-state index in [0.29, 0.717) is 28.2 Å². The number of rotatable bonds is 20. The van der Waals surface area contributed by atoms with Crippen LogP contribution >= 0.6 is 0 Å². The van der Waals surface area contributed by atoms with Crippen molar-refractivity contribution >= 4 is 41.6 Å². The highest BCUT2D eigenvalue weighted by Crippen LogP contribution is 2.65. The summed E-state index contributed by atoms with van der Waals surface area (Å²) in [6, 6.07) is 26.2. The summed E-state index contributed by atoms with van der Waals surface area (Å²) in [6.45, 7) is 18.2. The number of benzene rings is 4. The number of fused-ring (bicyclic) bond motifs is 6. The molecule has 11 atom stereocenters. The van der Waals surface area contributed by atoms with Crippen molar-refractivity contribution in [3.63, 3.8) is 0 Å². The monoisotopic (exact) mass is 1210 g/mol. The van der Waals surface area contributed by atoms with Crippen LogP contribution in [0.1, 0.15) is 132 Å². The van der Waals surface area contributed by atoms with Crippen molar-refractivity contribution in [1.82, 2.24) is 10.2 Å². The maximum absolute atomic E-state index is 16.5. The largest absolute Gasteiger partial charge is 0.487 e. The number of hydrogen-bond donors (Lipinski definition) is 2. The van der Waals surface area contributed by atoms with Crippen molar-refractivity contribution in [3.8, 4) is 11.5 Å². The molecule has 2 aliphatic heterocycles. The first-order valence-electron chi connectivity index (χ1n) is 30.2. The van der Waals surface area contributed by atoms with Crippen molar-refractivity contribution in [3.05, 3.63) is 141 Å². The number of nitrogens with one attached hydrogen (secondary N) is 1. The molecule has 5 aliphatic rings. The maximum atomic E-state index is 16.5. The van der Waals surface area contributed by atoms with Gasteiger partial charge in [0.25, 0.3) is 0 Å². The molecule has 4 aromatic carbocycles. The Labute approximate surface area is 515 Å². The summed E-state index contributed by atoms with van der Waals surface area (Å²) < 4.78 is 57.6. The SMILES string of the molecule is CC(=O)O[C@H]1C(=O)[C@]2(C)[C@@H](OC(=O)CN(C)C)C[C@H]3OC[C@@]3(OC(C)=O)[C@H]2[C@H](OCc2ccccc2)[C@]2(O)C[C@H](OC(=O)[C@H](OC(=O)CCC(=O)Oc3c(C)c(C)c4c(c3C)OC(C)(C)CC4)[C@@H](NCc3ccccc3)c3ccccc3)C(C)=C1C2(C)C. The molecular weight excluding hydrogens is 1130 g/mol. The quantitative estimate of drug-likeness (QED) is 0.0365. The van der Waals surface area contributed by atoms with Crippen LogP contribution in [-0.2, 0) is 86.3 Å². The van der Waals surface area contributed by atoms with Gasteiger partial charge in [-0.05, 0) is 120 Å². The summed E-state index contributed by atoms with van der Waals surface area (Å²) in [5, 5.41) is 17.8. The summed E-state index contributed by atoms with van der Waals surface area (Å²) in [7, 11) is 3.36. The van der Waals surface area contributed by atoms with Gasteiger partial charge in [-0.25, -0.2) is 4.79 Å². The van der Waals surface area contributed by atoms with Crippen molar-refractivity contribution in [2.24, 2.45) is 16.7 Å². The number of nitrogens with zero attached hydrogens (tertiary/aromatic N) is 1. The van der Waals surface area contributed by atoms with E-state index in [-0.39, 0.29) is 43.9 Å². The van der Waals surface area contributed by atoms with E-state index in [1.165, 1.54) is 6.92 Å². The van der Waals surface area contributed by atoms with Gasteiger partial charge in [0.1, 0.15) is 41.0 Å². The number of carbonyl (C=O) groups is 7. The third-order valence-corrected chi connectivity index (χ3v) is 18.9. The van der Waals surface area contributed by atoms with E-state index in [1.54, 1.807) is 77.0 Å². The van der Waals surface area contributed by atoms with Crippen LogP contribution in [0.3, 0.4) is 0 Å². The van der Waals surface area contributed by atoms with E-state index < -0.39 is 137 Å². The zero-order valence-electron chi connectivity index (χ0n) is 52.8. The fourth-order valence-corrected chi connectivity index (χ4v) is 14.1. The average molecular weight is 1210 g/mol. The lowest BCUT2D eigenvalue weighted by atomic mass is 9.44. The molecule has 2 N–H and O–H groups in total. The maximum Gasteiger partial charge on any atom is 0.350 e. The molecule has 19 heteroatoms. The van der Waals surface area contributed by atoms with E-state index in [0.717, 1.165) is 42.0 Å². The zero-order valence-corrected chi connectivity index (χ0v) is 52.8. The van der Waals surface area contributed by atoms with Crippen LogP contribution in [0.25, 0.3) is 0 Å². The number of likely N-dealkylation sites (N-methyl/N-ethyl adjacent to an activating group) is 1. The number of ketones is 1. The summed E-state index contributed by atoms with van der Waals surface area (Å²) in [6.07, 6.45) is -8.89. The molecule has 9 rings (SSSR count). The Morgan fingerprint density at radius 1 is 0.761 bits per heavy atom. The molecule has 0 unspecified atom stereocenters. The van der Waals surface area contributed by atoms with Crippen LogP contribution in [-0.4, -0.2) is 132 Å². The van der Waals surface area contributed by atoms with Gasteiger partial charge < -0.3 is 53.1 Å². The molecule has 88 heavy (non-hydrogen) atoms. The molecule has 2 saturated carbocycles. The Bertz CT molecular complexity index is 3340. The van der Waals surface area contributed by atoms with E-state index >= 15 is 9.59 Å². The molecule has 0 aromatic heterocycles. The van der Waals surface area contributed by atoms with Gasteiger partial charge in [0, 0.05) is 50.1 Å². The Hall–Kier alpha value is -7.29. The number of aliphatic hydroxyl groups is 1. The molecule has 2 heterocycles. The lowest BCUT2D eigenvalue weighted by Gasteiger charge is -2.68. The van der Waals surface area contributed by atoms with Crippen molar-refractivity contribution in [2.45, 2.75) is 187 Å². The Morgan fingerprint density at radius 3 is 1.99 bits per heavy atom. The molecule has 3 fully saturated rings. The Kier molecular flexibility index (Phi) is 19.0. The van der Waals surface area contributed by atoms with Gasteiger partial charge in [0.15, 0.2) is 17.5 Å². The topological polar surface area (TPSA) is 238 Å². The number of hydrogen-bond acceptors (Lipinski definition) is 19. The Balaban J connectivity index is 1.14. The van der Waals surface area contributed by atoms with Crippen LogP contribution in [0.4, 0.5) is 0 Å². The van der Waals surface area contributed by atoms with Crippen LogP contribution in [0.15, 0.2) is 102 Å². The first-order valence-corrected chi connectivity index (χ1v) is 30.2. The second kappa shape index (κ2) is 25.7. The standard InChI is InChI=1S/C69H84N2O17/c1-39-40(2)57(42(4)58-48(39)31-32-65(7,8)88-58)85-52(74)29-30-53(75)86-60(56(47-27-21-16-22-28-47)70-35-45-23-17-14-18-24-45)64(78)83-49-34-69(79)63(80-37-46-25-19-15-20-26-46)61-67(11,62(77)59(82-43(5)72)55(41(49)3)66(69,9)10)50(84-54(76)36-71(12)13)33-51-68(61,38-81-51)87-44(6)73/h14-28,49-51,56,59-61,63,70,79H,29-38H2,1-13H3/t49-,50-,51+,56-,59+,60+,61-,63-,67+,68-,69+/m0/s1. The van der Waals surface area contributed by atoms with Gasteiger partial charge in [-0.2, -0.15) is 0 Å². The molecular formula is C69H84N2O17. The third kappa shape index (κ3) is 12.7. The van der Waals surface area contributed by atoms with E-state index in [9.17, 15) is 29.1 Å². The highest BCUT2D eigenvalue weighted by molar-refractivity contribution is 5.95. The summed E-state index contributed by atoms with van der Waals surface area (Å²) in [5.41, 5.74) is -2.26. The smallest absolute Gasteiger partial charge is 0.350 e.